The minimum Gasteiger partial charge on any atom is -0.466 e. The minimum atomic E-state index is -1.14. The van der Waals surface area contributed by atoms with E-state index in [1.165, 1.54) is 30.6 Å². The monoisotopic (exact) mass is 443 g/mol. The summed E-state index contributed by atoms with van der Waals surface area (Å²) >= 11 is 1.41. The predicted octanol–water partition coefficient (Wildman–Crippen LogP) is 1.41. The topological polar surface area (TPSA) is 95.9 Å². The molecule has 4 rings (SSSR count). The first-order chi connectivity index (χ1) is 14.9. The van der Waals surface area contributed by atoms with Gasteiger partial charge in [0.1, 0.15) is 11.4 Å². The number of amides is 1. The molecule has 2 aromatic rings. The van der Waals surface area contributed by atoms with Crippen LogP contribution in [0.25, 0.3) is 0 Å². The lowest BCUT2D eigenvalue weighted by atomic mass is 9.82. The van der Waals surface area contributed by atoms with Gasteiger partial charge in [-0.2, -0.15) is 0 Å². The Morgan fingerprint density at radius 1 is 1.35 bits per heavy atom. The molecule has 0 bridgehead atoms. The number of aliphatic imine (C=N–C) groups is 1. The second kappa shape index (κ2) is 8.56. The number of thiazole rings is 1. The van der Waals surface area contributed by atoms with Gasteiger partial charge < -0.3 is 15.4 Å². The average molecular weight is 444 g/mol. The second-order valence-electron chi connectivity index (χ2n) is 7.41. The van der Waals surface area contributed by atoms with Crippen molar-refractivity contribution in [3.05, 3.63) is 63.5 Å². The summed E-state index contributed by atoms with van der Waals surface area (Å²) in [7, 11) is 1.31. The van der Waals surface area contributed by atoms with E-state index in [4.69, 9.17) is 9.73 Å². The number of esters is 1. The van der Waals surface area contributed by atoms with E-state index in [-0.39, 0.29) is 18.3 Å². The molecule has 2 aliphatic heterocycles. The smallest absolute Gasteiger partial charge is 0.338 e. The molecule has 0 saturated carbocycles. The van der Waals surface area contributed by atoms with Crippen molar-refractivity contribution in [2.45, 2.75) is 12.5 Å². The molecule has 1 amide bonds. The molecule has 3 heterocycles. The number of carbonyl (C=O) groups is 2. The Balaban J connectivity index is 1.84. The first kappa shape index (κ1) is 21.1. The van der Waals surface area contributed by atoms with Gasteiger partial charge in [-0.05, 0) is 24.6 Å². The quantitative estimate of drug-likeness (QED) is 0.679. The fourth-order valence-corrected chi connectivity index (χ4v) is 4.40. The highest BCUT2D eigenvalue weighted by Gasteiger charge is 2.42. The Labute approximate surface area is 182 Å². The summed E-state index contributed by atoms with van der Waals surface area (Å²) in [6, 6.07) is 5.90. The van der Waals surface area contributed by atoms with Crippen LogP contribution in [-0.2, 0) is 19.9 Å². The highest BCUT2D eigenvalue weighted by atomic mass is 32.1. The standard InChI is InChI=1S/C21H22FN5O3S/c1-21(13-3-5-14(22)6-4-13)17(20(29)30-2)15(11-27-9-7-23-16(28)12-27)25-18(26-21)19-24-8-10-31-19/h3-6,8,10H,7,9,11-12H2,1-2H3,(H,23,28)(H,25,26). The number of piperazine rings is 1. The molecule has 1 fully saturated rings. The third-order valence-electron chi connectivity index (χ3n) is 5.32. The fraction of sp³-hybridized carbons (Fsp3) is 0.333. The van der Waals surface area contributed by atoms with Crippen LogP contribution < -0.4 is 10.6 Å². The molecule has 2 N–H and O–H groups in total. The molecule has 31 heavy (non-hydrogen) atoms. The molecule has 0 aliphatic carbocycles. The van der Waals surface area contributed by atoms with E-state index in [1.54, 1.807) is 25.3 Å². The Hall–Kier alpha value is -3.11. The molecular weight excluding hydrogens is 421 g/mol. The maximum Gasteiger partial charge on any atom is 0.338 e. The highest BCUT2D eigenvalue weighted by molar-refractivity contribution is 7.11. The lowest BCUT2D eigenvalue weighted by molar-refractivity contribution is -0.137. The number of ether oxygens (including phenoxy) is 1. The summed E-state index contributed by atoms with van der Waals surface area (Å²) in [5.41, 5.74) is 0.390. The van der Waals surface area contributed by atoms with Gasteiger partial charge >= 0.3 is 5.97 Å². The third kappa shape index (κ3) is 4.21. The normalized spacial score (nSPS) is 21.9. The zero-order chi connectivity index (χ0) is 22.0. The molecule has 0 spiro atoms. The van der Waals surface area contributed by atoms with Gasteiger partial charge in [-0.15, -0.1) is 11.3 Å². The zero-order valence-corrected chi connectivity index (χ0v) is 18.0. The number of halogens is 1. The van der Waals surface area contributed by atoms with Crippen molar-refractivity contribution in [3.8, 4) is 0 Å². The van der Waals surface area contributed by atoms with Gasteiger partial charge in [0.05, 0.1) is 19.2 Å². The van der Waals surface area contributed by atoms with E-state index < -0.39 is 11.5 Å². The van der Waals surface area contributed by atoms with Crippen LogP contribution in [0, 0.1) is 5.82 Å². The molecule has 10 heteroatoms. The number of nitrogens with one attached hydrogen (secondary N) is 2. The van der Waals surface area contributed by atoms with Crippen LogP contribution in [0.2, 0.25) is 0 Å². The Bertz CT molecular complexity index is 1050. The summed E-state index contributed by atoms with van der Waals surface area (Å²) in [6.07, 6.45) is 1.67. The number of aromatic nitrogens is 1. The van der Waals surface area contributed by atoms with Crippen molar-refractivity contribution in [1.82, 2.24) is 20.5 Å². The van der Waals surface area contributed by atoms with E-state index in [1.807, 2.05) is 10.3 Å². The van der Waals surface area contributed by atoms with E-state index in [2.05, 4.69) is 15.6 Å². The molecule has 1 aromatic heterocycles. The van der Waals surface area contributed by atoms with Gasteiger partial charge in [0.2, 0.25) is 5.91 Å². The number of hydrogen-bond donors (Lipinski definition) is 2. The van der Waals surface area contributed by atoms with Crippen molar-refractivity contribution in [3.63, 3.8) is 0 Å². The Morgan fingerprint density at radius 3 is 2.77 bits per heavy atom. The number of rotatable bonds is 5. The molecule has 8 nitrogen and oxygen atoms in total. The van der Waals surface area contributed by atoms with Crippen LogP contribution in [0.1, 0.15) is 17.5 Å². The van der Waals surface area contributed by atoms with E-state index in [0.29, 0.717) is 47.3 Å². The average Bonchev–Trinajstić information content (AvgIpc) is 3.28. The number of carbonyl (C=O) groups excluding carboxylic acids is 2. The van der Waals surface area contributed by atoms with Gasteiger partial charge in [-0.25, -0.2) is 19.2 Å². The van der Waals surface area contributed by atoms with Crippen LogP contribution in [0.3, 0.4) is 0 Å². The van der Waals surface area contributed by atoms with Gasteiger partial charge in [0, 0.05) is 36.9 Å². The molecular formula is C21H22FN5O3S. The van der Waals surface area contributed by atoms with Crippen LogP contribution in [-0.4, -0.2) is 60.9 Å². The van der Waals surface area contributed by atoms with E-state index in [0.717, 1.165) is 0 Å². The van der Waals surface area contributed by atoms with Crippen molar-refractivity contribution < 1.29 is 18.7 Å². The Kier molecular flexibility index (Phi) is 5.84. The number of amidine groups is 1. The summed E-state index contributed by atoms with van der Waals surface area (Å²) in [4.78, 5) is 36.0. The van der Waals surface area contributed by atoms with Gasteiger partial charge in [-0.1, -0.05) is 12.1 Å². The minimum absolute atomic E-state index is 0.0719. The first-order valence-electron chi connectivity index (χ1n) is 9.74. The third-order valence-corrected chi connectivity index (χ3v) is 6.10. The largest absolute Gasteiger partial charge is 0.466 e. The SMILES string of the molecule is COC(=O)C1=C(CN2CCNC(=O)C2)NC(c2nccs2)=NC1(C)c1ccc(F)cc1. The molecule has 2 aliphatic rings. The maximum absolute atomic E-state index is 13.6. The summed E-state index contributed by atoms with van der Waals surface area (Å²) < 4.78 is 18.7. The highest BCUT2D eigenvalue weighted by Crippen LogP contribution is 2.39. The van der Waals surface area contributed by atoms with Crippen molar-refractivity contribution in [1.29, 1.82) is 0 Å². The molecule has 1 unspecified atom stereocenters. The fourth-order valence-electron chi connectivity index (χ4n) is 3.82. The lowest BCUT2D eigenvalue weighted by Crippen LogP contribution is -2.51. The number of methoxy groups -OCH3 is 1. The first-order valence-corrected chi connectivity index (χ1v) is 10.6. The molecule has 162 valence electrons. The van der Waals surface area contributed by atoms with E-state index in [9.17, 15) is 14.0 Å². The van der Waals surface area contributed by atoms with Crippen LogP contribution >= 0.6 is 11.3 Å². The number of hydrogen-bond acceptors (Lipinski definition) is 8. The van der Waals surface area contributed by atoms with Crippen LogP contribution in [0.5, 0.6) is 0 Å². The molecule has 0 radical (unpaired) electrons. The molecule has 1 saturated heterocycles. The maximum atomic E-state index is 13.6. The molecule has 1 aromatic carbocycles. The lowest BCUT2D eigenvalue weighted by Gasteiger charge is -2.37. The van der Waals surface area contributed by atoms with Crippen LogP contribution in [0.15, 0.2) is 52.1 Å². The van der Waals surface area contributed by atoms with Crippen molar-refractivity contribution in [2.24, 2.45) is 4.99 Å². The predicted molar refractivity (Wildman–Crippen MR) is 114 cm³/mol. The summed E-state index contributed by atoms with van der Waals surface area (Å²) in [6.45, 7) is 3.50. The number of nitrogens with zero attached hydrogens (tertiary/aromatic N) is 3. The van der Waals surface area contributed by atoms with Crippen molar-refractivity contribution in [2.75, 3.05) is 33.3 Å². The van der Waals surface area contributed by atoms with E-state index >= 15 is 0 Å². The molecule has 1 atom stereocenters. The zero-order valence-electron chi connectivity index (χ0n) is 17.1. The van der Waals surface area contributed by atoms with Gasteiger partial charge in [0.25, 0.3) is 0 Å². The second-order valence-corrected chi connectivity index (χ2v) is 8.30. The Morgan fingerprint density at radius 2 is 2.13 bits per heavy atom. The van der Waals surface area contributed by atoms with Crippen LogP contribution in [0.4, 0.5) is 4.39 Å². The summed E-state index contributed by atoms with van der Waals surface area (Å²) in [5.74, 6) is -0.491. The van der Waals surface area contributed by atoms with Gasteiger partial charge in [0.15, 0.2) is 10.8 Å². The van der Waals surface area contributed by atoms with Gasteiger partial charge in [-0.3, -0.25) is 9.69 Å². The summed E-state index contributed by atoms with van der Waals surface area (Å²) in [5, 5.41) is 8.54. The number of benzene rings is 1. The van der Waals surface area contributed by atoms with Crippen molar-refractivity contribution >= 4 is 29.0 Å².